The molecule has 0 spiro atoms. The number of hydrogen-bond acceptors (Lipinski definition) is 2. The molecule has 1 N–H and O–H groups in total. The number of aryl methyl sites for hydroxylation is 1. The number of piperazine rings is 1. The molecular weight excluding hydrogens is 227 g/mol. The van der Waals surface area contributed by atoms with Gasteiger partial charge >= 0.3 is 0 Å². The van der Waals surface area contributed by atoms with Gasteiger partial charge in [-0.15, -0.1) is 0 Å². The maximum absolute atomic E-state index is 13.1. The van der Waals surface area contributed by atoms with E-state index in [2.05, 4.69) is 17.1 Å². The van der Waals surface area contributed by atoms with Gasteiger partial charge in [-0.25, -0.2) is 4.39 Å². The average molecular weight is 250 g/mol. The lowest BCUT2D eigenvalue weighted by Crippen LogP contribution is -2.50. The molecule has 1 aromatic carbocycles. The summed E-state index contributed by atoms with van der Waals surface area (Å²) in [6.45, 7) is 8.39. The van der Waals surface area contributed by atoms with Gasteiger partial charge in [0.15, 0.2) is 0 Å². The highest BCUT2D eigenvalue weighted by Crippen LogP contribution is 2.17. The Morgan fingerprint density at radius 2 is 2.28 bits per heavy atom. The largest absolute Gasteiger partial charge is 0.314 e. The Bertz CT molecular complexity index is 390. The molecule has 0 bridgehead atoms. The van der Waals surface area contributed by atoms with E-state index in [0.717, 1.165) is 31.7 Å². The Morgan fingerprint density at radius 3 is 3.00 bits per heavy atom. The van der Waals surface area contributed by atoms with Gasteiger partial charge in [0.1, 0.15) is 5.82 Å². The third kappa shape index (κ3) is 3.30. The van der Waals surface area contributed by atoms with Gasteiger partial charge in [-0.05, 0) is 36.6 Å². The molecule has 3 heteroatoms. The maximum Gasteiger partial charge on any atom is 0.123 e. The predicted molar refractivity (Wildman–Crippen MR) is 73.1 cm³/mol. The highest BCUT2D eigenvalue weighted by Gasteiger charge is 2.21. The van der Waals surface area contributed by atoms with Crippen LogP contribution in [0.25, 0.3) is 0 Å². The van der Waals surface area contributed by atoms with Crippen molar-refractivity contribution in [3.05, 3.63) is 35.1 Å². The molecule has 18 heavy (non-hydrogen) atoms. The number of nitrogens with one attached hydrogen (secondary N) is 1. The van der Waals surface area contributed by atoms with Crippen LogP contribution in [-0.4, -0.2) is 30.6 Å². The first-order chi connectivity index (χ1) is 8.70. The number of nitrogens with zero attached hydrogens (tertiary/aromatic N) is 1. The summed E-state index contributed by atoms with van der Waals surface area (Å²) in [5.41, 5.74) is 2.31. The number of rotatable bonds is 4. The first-order valence-corrected chi connectivity index (χ1v) is 6.90. The van der Waals surface area contributed by atoms with E-state index in [1.807, 2.05) is 13.0 Å². The van der Waals surface area contributed by atoms with E-state index in [1.54, 1.807) is 12.1 Å². The van der Waals surface area contributed by atoms with E-state index < -0.39 is 0 Å². The minimum atomic E-state index is -0.137. The quantitative estimate of drug-likeness (QED) is 0.884. The van der Waals surface area contributed by atoms with E-state index in [1.165, 1.54) is 18.4 Å². The number of benzene rings is 1. The van der Waals surface area contributed by atoms with E-state index in [-0.39, 0.29) is 5.82 Å². The summed E-state index contributed by atoms with van der Waals surface area (Å²) in [5, 5.41) is 3.46. The van der Waals surface area contributed by atoms with Crippen LogP contribution in [0.4, 0.5) is 4.39 Å². The fourth-order valence-electron chi connectivity index (χ4n) is 2.68. The van der Waals surface area contributed by atoms with Crippen molar-refractivity contribution in [2.45, 2.75) is 39.3 Å². The lowest BCUT2D eigenvalue weighted by Gasteiger charge is -2.36. The second kappa shape index (κ2) is 6.30. The molecule has 1 fully saturated rings. The van der Waals surface area contributed by atoms with Crippen molar-refractivity contribution < 1.29 is 4.39 Å². The molecule has 1 atom stereocenters. The Kier molecular flexibility index (Phi) is 4.72. The molecule has 1 heterocycles. The molecule has 0 aliphatic carbocycles. The average Bonchev–Trinajstić information content (AvgIpc) is 2.35. The summed E-state index contributed by atoms with van der Waals surface area (Å²) in [6, 6.07) is 5.75. The second-order valence-corrected chi connectivity index (χ2v) is 5.19. The van der Waals surface area contributed by atoms with E-state index >= 15 is 0 Å². The van der Waals surface area contributed by atoms with Crippen LogP contribution in [0.2, 0.25) is 0 Å². The van der Waals surface area contributed by atoms with Crippen molar-refractivity contribution in [3.63, 3.8) is 0 Å². The summed E-state index contributed by atoms with van der Waals surface area (Å²) in [7, 11) is 0. The Hall–Kier alpha value is -0.930. The van der Waals surface area contributed by atoms with Gasteiger partial charge in [0.25, 0.3) is 0 Å². The van der Waals surface area contributed by atoms with Crippen LogP contribution >= 0.6 is 0 Å². The molecule has 1 aliphatic heterocycles. The second-order valence-electron chi connectivity index (χ2n) is 5.19. The van der Waals surface area contributed by atoms with Crippen molar-refractivity contribution in [1.29, 1.82) is 0 Å². The molecule has 0 radical (unpaired) electrons. The van der Waals surface area contributed by atoms with Crippen LogP contribution in [0, 0.1) is 12.7 Å². The maximum atomic E-state index is 13.1. The lowest BCUT2D eigenvalue weighted by atomic mass is 10.0. The summed E-state index contributed by atoms with van der Waals surface area (Å²) < 4.78 is 13.1. The fraction of sp³-hybridized carbons (Fsp3) is 0.600. The highest BCUT2D eigenvalue weighted by atomic mass is 19.1. The van der Waals surface area contributed by atoms with Gasteiger partial charge < -0.3 is 5.32 Å². The molecule has 0 saturated carbocycles. The monoisotopic (exact) mass is 250 g/mol. The number of hydrogen-bond donors (Lipinski definition) is 1. The van der Waals surface area contributed by atoms with Crippen molar-refractivity contribution >= 4 is 0 Å². The molecule has 2 nitrogen and oxygen atoms in total. The first-order valence-electron chi connectivity index (χ1n) is 6.90. The summed E-state index contributed by atoms with van der Waals surface area (Å²) in [5.74, 6) is -0.137. The summed E-state index contributed by atoms with van der Waals surface area (Å²) in [6.07, 6.45) is 2.44. The van der Waals surface area contributed by atoms with Crippen molar-refractivity contribution in [1.82, 2.24) is 10.2 Å². The third-order valence-electron chi connectivity index (χ3n) is 3.77. The molecule has 0 aromatic heterocycles. The molecule has 0 amide bonds. The van der Waals surface area contributed by atoms with Gasteiger partial charge in [0.2, 0.25) is 0 Å². The molecule has 1 saturated heterocycles. The van der Waals surface area contributed by atoms with Crippen molar-refractivity contribution in [2.24, 2.45) is 0 Å². The smallest absolute Gasteiger partial charge is 0.123 e. The molecular formula is C15H23FN2. The van der Waals surface area contributed by atoms with E-state index in [4.69, 9.17) is 0 Å². The van der Waals surface area contributed by atoms with Crippen LogP contribution < -0.4 is 5.32 Å². The third-order valence-corrected chi connectivity index (χ3v) is 3.77. The molecule has 1 aromatic rings. The predicted octanol–water partition coefficient (Wildman–Crippen LogP) is 2.71. The lowest BCUT2D eigenvalue weighted by molar-refractivity contribution is 0.144. The van der Waals surface area contributed by atoms with Crippen LogP contribution in [0.15, 0.2) is 18.2 Å². The summed E-state index contributed by atoms with van der Waals surface area (Å²) >= 11 is 0. The van der Waals surface area contributed by atoms with Crippen molar-refractivity contribution in [2.75, 3.05) is 19.6 Å². The number of halogens is 1. The fourth-order valence-corrected chi connectivity index (χ4v) is 2.68. The van der Waals surface area contributed by atoms with Gasteiger partial charge in [-0.2, -0.15) is 0 Å². The Morgan fingerprint density at radius 1 is 1.44 bits per heavy atom. The molecule has 2 rings (SSSR count). The van der Waals surface area contributed by atoms with Crippen LogP contribution in [0.5, 0.6) is 0 Å². The zero-order chi connectivity index (χ0) is 13.0. The summed E-state index contributed by atoms with van der Waals surface area (Å²) in [4.78, 5) is 2.53. The normalized spacial score (nSPS) is 21.2. The Labute approximate surface area is 109 Å². The van der Waals surface area contributed by atoms with Gasteiger partial charge in [-0.1, -0.05) is 19.4 Å². The molecule has 1 aliphatic rings. The standard InChI is InChI=1S/C15H23FN2/c1-3-4-15-10-17-7-8-18(15)11-13-5-6-14(16)9-12(13)2/h5-6,9,15,17H,3-4,7-8,10-11H2,1-2H3. The zero-order valence-corrected chi connectivity index (χ0v) is 11.4. The first kappa shape index (κ1) is 13.5. The van der Waals surface area contributed by atoms with E-state index in [0.29, 0.717) is 6.04 Å². The highest BCUT2D eigenvalue weighted by molar-refractivity contribution is 5.26. The van der Waals surface area contributed by atoms with Gasteiger partial charge in [0.05, 0.1) is 0 Å². The Balaban J connectivity index is 2.06. The van der Waals surface area contributed by atoms with E-state index in [9.17, 15) is 4.39 Å². The minimum absolute atomic E-state index is 0.137. The SMILES string of the molecule is CCCC1CNCCN1Cc1ccc(F)cc1C. The zero-order valence-electron chi connectivity index (χ0n) is 11.4. The van der Waals surface area contributed by atoms with Crippen molar-refractivity contribution in [3.8, 4) is 0 Å². The van der Waals surface area contributed by atoms with Crippen LogP contribution in [0.1, 0.15) is 30.9 Å². The molecule has 100 valence electrons. The minimum Gasteiger partial charge on any atom is -0.314 e. The van der Waals surface area contributed by atoms with Crippen LogP contribution in [0.3, 0.4) is 0 Å². The van der Waals surface area contributed by atoms with Gasteiger partial charge in [-0.3, -0.25) is 4.90 Å². The molecule has 1 unspecified atom stereocenters. The topological polar surface area (TPSA) is 15.3 Å². The van der Waals surface area contributed by atoms with Gasteiger partial charge in [0, 0.05) is 32.2 Å². The van der Waals surface area contributed by atoms with Crippen LogP contribution in [-0.2, 0) is 6.54 Å².